The van der Waals surface area contributed by atoms with E-state index in [9.17, 15) is 10.2 Å². The van der Waals surface area contributed by atoms with Gasteiger partial charge in [0.15, 0.2) is 0 Å². The first-order valence-corrected chi connectivity index (χ1v) is 8.17. The number of hydrogen-bond acceptors (Lipinski definition) is 2. The van der Waals surface area contributed by atoms with Crippen LogP contribution in [0.2, 0.25) is 0 Å². The second kappa shape index (κ2) is 9.71. The number of phenols is 2. The van der Waals surface area contributed by atoms with Gasteiger partial charge in [-0.2, -0.15) is 0 Å². The molecule has 0 amide bonds. The molecule has 2 N–H and O–H groups in total. The molecule has 0 aliphatic heterocycles. The maximum absolute atomic E-state index is 10.4. The number of rotatable bonds is 1. The van der Waals surface area contributed by atoms with E-state index in [1.807, 2.05) is 74.5 Å². The first-order chi connectivity index (χ1) is 11.8. The zero-order valence-corrected chi connectivity index (χ0v) is 18.2. The molecule has 4 aromatic rings. The molecule has 2 nitrogen and oxygen atoms in total. The molecule has 4 aromatic carbocycles. The third kappa shape index (κ3) is 3.92. The standard InChI is InChI=1S/C20H14O2.C2H6.CH3.Y/c21-17-11-9-13-5-1-3-7-15(13)19(17)20-16-8-4-2-6-14(16)10-12-18(20)22;1-2;;/h1-12,21-22H;1-2H3;1H3;/q;;-1;. The number of aromatic hydroxyl groups is 2. The van der Waals surface area contributed by atoms with Crippen LogP contribution in [-0.2, 0) is 32.7 Å². The van der Waals surface area contributed by atoms with Crippen molar-refractivity contribution in [3.05, 3.63) is 80.2 Å². The van der Waals surface area contributed by atoms with Gasteiger partial charge in [0.2, 0.25) is 0 Å². The van der Waals surface area contributed by atoms with Crippen LogP contribution < -0.4 is 0 Å². The zero-order valence-electron chi connectivity index (χ0n) is 15.4. The molecule has 131 valence electrons. The van der Waals surface area contributed by atoms with E-state index in [4.69, 9.17) is 0 Å². The van der Waals surface area contributed by atoms with E-state index >= 15 is 0 Å². The molecule has 4 rings (SSSR count). The van der Waals surface area contributed by atoms with Crippen LogP contribution in [0.3, 0.4) is 0 Å². The van der Waals surface area contributed by atoms with Crippen LogP contribution in [0.5, 0.6) is 11.5 Å². The van der Waals surface area contributed by atoms with Crippen molar-refractivity contribution in [2.24, 2.45) is 0 Å². The molecule has 3 heteroatoms. The average Bonchev–Trinajstić information content (AvgIpc) is 2.64. The molecule has 0 aromatic heterocycles. The van der Waals surface area contributed by atoms with E-state index < -0.39 is 0 Å². The zero-order chi connectivity index (χ0) is 17.1. The summed E-state index contributed by atoms with van der Waals surface area (Å²) in [6, 6.07) is 22.9. The van der Waals surface area contributed by atoms with Gasteiger partial charge in [-0.3, -0.25) is 0 Å². The molecule has 0 saturated heterocycles. The van der Waals surface area contributed by atoms with Crippen LogP contribution >= 0.6 is 0 Å². The number of benzene rings is 4. The molecule has 0 aliphatic rings. The monoisotopic (exact) mass is 420 g/mol. The van der Waals surface area contributed by atoms with Crippen molar-refractivity contribution in [3.8, 4) is 22.6 Å². The van der Waals surface area contributed by atoms with E-state index in [-0.39, 0.29) is 51.6 Å². The van der Waals surface area contributed by atoms with Gasteiger partial charge in [-0.05, 0) is 33.7 Å². The summed E-state index contributed by atoms with van der Waals surface area (Å²) in [5.41, 5.74) is 1.35. The van der Waals surface area contributed by atoms with Gasteiger partial charge in [-0.1, -0.05) is 74.5 Å². The maximum atomic E-state index is 10.4. The van der Waals surface area contributed by atoms with Gasteiger partial charge in [0, 0.05) is 43.8 Å². The fraction of sp³-hybridized carbons (Fsp3) is 0.0870. The molecule has 0 aliphatic carbocycles. The summed E-state index contributed by atoms with van der Waals surface area (Å²) in [6.07, 6.45) is 0. The summed E-state index contributed by atoms with van der Waals surface area (Å²) in [6.45, 7) is 4.00. The van der Waals surface area contributed by atoms with Gasteiger partial charge >= 0.3 is 0 Å². The minimum Gasteiger partial charge on any atom is -0.507 e. The van der Waals surface area contributed by atoms with Crippen LogP contribution in [0, 0.1) is 7.43 Å². The van der Waals surface area contributed by atoms with Crippen molar-refractivity contribution < 1.29 is 42.9 Å². The first kappa shape index (κ1) is 22.1. The Bertz CT molecular complexity index is 926. The number of phenolic OH excluding ortho intramolecular Hbond substituents is 2. The average molecular weight is 420 g/mol. The van der Waals surface area contributed by atoms with Crippen LogP contribution in [0.4, 0.5) is 0 Å². The SMILES string of the molecule is CC.Oc1ccc2ccccc2c1-c1c(O)ccc2ccccc12.[CH3-].[Y]. The minimum atomic E-state index is 0. The van der Waals surface area contributed by atoms with Crippen LogP contribution in [-0.4, -0.2) is 10.2 Å². The second-order valence-electron chi connectivity index (χ2n) is 5.36. The Labute approximate surface area is 180 Å². The van der Waals surface area contributed by atoms with Crippen LogP contribution in [0.25, 0.3) is 32.7 Å². The molecule has 0 atom stereocenters. The van der Waals surface area contributed by atoms with Gasteiger partial charge in [0.25, 0.3) is 0 Å². The van der Waals surface area contributed by atoms with Gasteiger partial charge in [0.05, 0.1) is 0 Å². The summed E-state index contributed by atoms with van der Waals surface area (Å²) < 4.78 is 0. The largest absolute Gasteiger partial charge is 0.507 e. The quantitative estimate of drug-likeness (QED) is 0.343. The predicted octanol–water partition coefficient (Wildman–Crippen LogP) is 6.55. The van der Waals surface area contributed by atoms with Crippen molar-refractivity contribution in [2.75, 3.05) is 0 Å². The minimum absolute atomic E-state index is 0. The molecule has 0 heterocycles. The van der Waals surface area contributed by atoms with Crippen molar-refractivity contribution >= 4 is 21.5 Å². The smallest absolute Gasteiger partial charge is 0.124 e. The van der Waals surface area contributed by atoms with E-state index in [1.54, 1.807) is 12.1 Å². The van der Waals surface area contributed by atoms with Crippen molar-refractivity contribution in [1.29, 1.82) is 0 Å². The van der Waals surface area contributed by atoms with Crippen LogP contribution in [0.15, 0.2) is 72.8 Å². The number of hydrogen-bond donors (Lipinski definition) is 2. The van der Waals surface area contributed by atoms with Gasteiger partial charge in [-0.25, -0.2) is 0 Å². The molecule has 0 unspecified atom stereocenters. The molecule has 0 bridgehead atoms. The molecule has 0 spiro atoms. The molecular formula is C23H23O2Y-. The van der Waals surface area contributed by atoms with Crippen LogP contribution in [0.1, 0.15) is 13.8 Å². The predicted molar refractivity (Wildman–Crippen MR) is 108 cm³/mol. The Morgan fingerprint density at radius 1 is 0.538 bits per heavy atom. The Morgan fingerprint density at radius 2 is 0.885 bits per heavy atom. The summed E-state index contributed by atoms with van der Waals surface area (Å²) in [7, 11) is 0. The van der Waals surface area contributed by atoms with E-state index in [0.717, 1.165) is 21.5 Å². The number of fused-ring (bicyclic) bond motifs is 2. The molecular weight excluding hydrogens is 397 g/mol. The van der Waals surface area contributed by atoms with Crippen molar-refractivity contribution in [3.63, 3.8) is 0 Å². The Balaban J connectivity index is 0.000000818. The first-order valence-electron chi connectivity index (χ1n) is 8.17. The fourth-order valence-electron chi connectivity index (χ4n) is 3.05. The summed E-state index contributed by atoms with van der Waals surface area (Å²) in [5.74, 6) is 0.343. The molecule has 0 saturated carbocycles. The third-order valence-corrected chi connectivity index (χ3v) is 4.06. The summed E-state index contributed by atoms with van der Waals surface area (Å²) in [5, 5.41) is 24.8. The van der Waals surface area contributed by atoms with Gasteiger partial charge in [-0.15, -0.1) is 0 Å². The fourth-order valence-corrected chi connectivity index (χ4v) is 3.05. The Kier molecular flexibility index (Phi) is 8.27. The second-order valence-corrected chi connectivity index (χ2v) is 5.36. The summed E-state index contributed by atoms with van der Waals surface area (Å²) in [4.78, 5) is 0. The van der Waals surface area contributed by atoms with Crippen molar-refractivity contribution in [1.82, 2.24) is 0 Å². The third-order valence-electron chi connectivity index (χ3n) is 4.06. The normalized spacial score (nSPS) is 9.62. The molecule has 1 radical (unpaired) electrons. The topological polar surface area (TPSA) is 40.5 Å². The van der Waals surface area contributed by atoms with E-state index in [1.165, 1.54) is 0 Å². The Hall–Kier alpha value is -1.90. The van der Waals surface area contributed by atoms with E-state index in [0.29, 0.717) is 11.1 Å². The van der Waals surface area contributed by atoms with E-state index in [2.05, 4.69) is 0 Å². The maximum Gasteiger partial charge on any atom is 0.124 e. The molecule has 0 fully saturated rings. The van der Waals surface area contributed by atoms with Gasteiger partial charge in [0.1, 0.15) is 11.5 Å². The Morgan fingerprint density at radius 3 is 1.27 bits per heavy atom. The van der Waals surface area contributed by atoms with Gasteiger partial charge < -0.3 is 17.6 Å². The summed E-state index contributed by atoms with van der Waals surface area (Å²) >= 11 is 0. The van der Waals surface area contributed by atoms with Crippen molar-refractivity contribution in [2.45, 2.75) is 13.8 Å². The molecule has 26 heavy (non-hydrogen) atoms.